The molecule has 0 spiro atoms. The smallest absolute Gasteiger partial charge is 0.161 e. The van der Waals surface area contributed by atoms with Crippen LogP contribution in [0.5, 0.6) is 11.5 Å². The Morgan fingerprint density at radius 3 is 2.62 bits per heavy atom. The van der Waals surface area contributed by atoms with Crippen molar-refractivity contribution in [2.45, 2.75) is 20.0 Å². The lowest BCUT2D eigenvalue weighted by atomic mass is 10.2. The highest BCUT2D eigenvalue weighted by atomic mass is 16.5. The molecule has 0 N–H and O–H groups in total. The summed E-state index contributed by atoms with van der Waals surface area (Å²) in [6, 6.07) is 5.44. The van der Waals surface area contributed by atoms with Gasteiger partial charge >= 0.3 is 0 Å². The maximum atomic E-state index is 9.95. The highest BCUT2D eigenvalue weighted by Gasteiger charge is 2.06. The molecule has 4 heteroatoms. The summed E-state index contributed by atoms with van der Waals surface area (Å²) in [5.41, 5.74) is 0.840. The average Bonchev–Trinajstić information content (AvgIpc) is 2.27. The van der Waals surface area contributed by atoms with Gasteiger partial charge in [0.15, 0.2) is 11.5 Å². The fourth-order valence-corrected chi connectivity index (χ4v) is 1.26. The summed E-state index contributed by atoms with van der Waals surface area (Å²) >= 11 is 0. The molecule has 0 aliphatic carbocycles. The minimum Gasteiger partial charge on any atom is -0.493 e. The molecule has 0 radical (unpaired) electrons. The van der Waals surface area contributed by atoms with E-state index in [-0.39, 0.29) is 6.10 Å². The lowest BCUT2D eigenvalue weighted by Gasteiger charge is -2.13. The van der Waals surface area contributed by atoms with E-state index >= 15 is 0 Å². The number of rotatable bonds is 5. The molecule has 0 saturated heterocycles. The van der Waals surface area contributed by atoms with Gasteiger partial charge in [-0.3, -0.25) is 0 Å². The van der Waals surface area contributed by atoms with Crippen molar-refractivity contribution >= 4 is 6.08 Å². The Morgan fingerprint density at radius 2 is 2.06 bits per heavy atom. The van der Waals surface area contributed by atoms with E-state index in [0.29, 0.717) is 11.5 Å². The predicted octanol–water partition coefficient (Wildman–Crippen LogP) is 3.22. The number of hydrogen-bond acceptors (Lipinski definition) is 4. The van der Waals surface area contributed by atoms with E-state index in [2.05, 4.69) is 5.18 Å². The van der Waals surface area contributed by atoms with Gasteiger partial charge < -0.3 is 9.47 Å². The lowest BCUT2D eigenvalue weighted by Crippen LogP contribution is -2.06. The predicted molar refractivity (Wildman–Crippen MR) is 63.6 cm³/mol. The number of nitrogens with zero attached hydrogens (tertiary/aromatic N) is 1. The maximum Gasteiger partial charge on any atom is 0.161 e. The molecule has 0 amide bonds. The minimum absolute atomic E-state index is 0.0898. The van der Waals surface area contributed by atoms with Crippen molar-refractivity contribution in [2.24, 2.45) is 5.18 Å². The fraction of sp³-hybridized carbons (Fsp3) is 0.333. The molecule has 0 unspecified atom stereocenters. The zero-order valence-corrected chi connectivity index (χ0v) is 9.64. The third-order valence-corrected chi connectivity index (χ3v) is 1.88. The summed E-state index contributed by atoms with van der Waals surface area (Å²) in [6.45, 7) is 3.90. The van der Waals surface area contributed by atoms with Gasteiger partial charge in [0.05, 0.1) is 19.4 Å². The van der Waals surface area contributed by atoms with Gasteiger partial charge in [0.1, 0.15) is 0 Å². The van der Waals surface area contributed by atoms with Crippen molar-refractivity contribution < 1.29 is 9.47 Å². The summed E-state index contributed by atoms with van der Waals surface area (Å²) in [6.07, 6.45) is 2.89. The van der Waals surface area contributed by atoms with Gasteiger partial charge in [0, 0.05) is 0 Å². The van der Waals surface area contributed by atoms with Crippen LogP contribution < -0.4 is 9.47 Å². The molecule has 0 aliphatic heterocycles. The minimum atomic E-state index is 0.0898. The maximum absolute atomic E-state index is 9.95. The number of hydrogen-bond donors (Lipinski definition) is 0. The SMILES string of the molecule is COc1cc(/C=C/N=O)ccc1OC(C)C. The average molecular weight is 221 g/mol. The van der Waals surface area contributed by atoms with Gasteiger partial charge in [-0.2, -0.15) is 0 Å². The third kappa shape index (κ3) is 3.38. The van der Waals surface area contributed by atoms with Crippen LogP contribution in [0.25, 0.3) is 6.08 Å². The molecule has 1 aromatic carbocycles. The molecular formula is C12H15NO3. The lowest BCUT2D eigenvalue weighted by molar-refractivity contribution is 0.230. The molecule has 0 saturated carbocycles. The van der Waals surface area contributed by atoms with Crippen molar-refractivity contribution in [3.63, 3.8) is 0 Å². The highest BCUT2D eigenvalue weighted by molar-refractivity contribution is 5.55. The third-order valence-electron chi connectivity index (χ3n) is 1.88. The highest BCUT2D eigenvalue weighted by Crippen LogP contribution is 2.29. The largest absolute Gasteiger partial charge is 0.493 e. The molecule has 0 aliphatic rings. The molecule has 1 aromatic rings. The Hall–Kier alpha value is -1.84. The molecule has 1 rings (SSSR count). The van der Waals surface area contributed by atoms with Crippen molar-refractivity contribution in [3.05, 3.63) is 34.9 Å². The Kier molecular flexibility index (Phi) is 4.51. The van der Waals surface area contributed by atoms with E-state index in [1.807, 2.05) is 26.0 Å². The van der Waals surface area contributed by atoms with E-state index in [1.54, 1.807) is 19.3 Å². The zero-order valence-electron chi connectivity index (χ0n) is 9.64. The van der Waals surface area contributed by atoms with Crippen molar-refractivity contribution in [1.29, 1.82) is 0 Å². The molecule has 0 aromatic heterocycles. The van der Waals surface area contributed by atoms with Crippen LogP contribution in [0.2, 0.25) is 0 Å². The first-order chi connectivity index (χ1) is 7.67. The van der Waals surface area contributed by atoms with Gasteiger partial charge in [-0.1, -0.05) is 6.07 Å². The Bertz CT molecular complexity index is 386. The van der Waals surface area contributed by atoms with Gasteiger partial charge in [-0.05, 0) is 42.8 Å². The van der Waals surface area contributed by atoms with E-state index in [1.165, 1.54) is 6.20 Å². The van der Waals surface area contributed by atoms with Crippen LogP contribution in [0.15, 0.2) is 29.6 Å². The first-order valence-corrected chi connectivity index (χ1v) is 5.01. The van der Waals surface area contributed by atoms with E-state index in [4.69, 9.17) is 9.47 Å². The van der Waals surface area contributed by atoms with Crippen molar-refractivity contribution in [2.75, 3.05) is 7.11 Å². The van der Waals surface area contributed by atoms with Gasteiger partial charge in [0.25, 0.3) is 0 Å². The Balaban J connectivity index is 2.96. The normalized spacial score (nSPS) is 10.8. The fourth-order valence-electron chi connectivity index (χ4n) is 1.26. The molecule has 16 heavy (non-hydrogen) atoms. The van der Waals surface area contributed by atoms with Gasteiger partial charge in [0.2, 0.25) is 0 Å². The van der Waals surface area contributed by atoms with Gasteiger partial charge in [-0.15, -0.1) is 4.91 Å². The van der Waals surface area contributed by atoms with E-state index < -0.39 is 0 Å². The van der Waals surface area contributed by atoms with Crippen LogP contribution in [-0.2, 0) is 0 Å². The van der Waals surface area contributed by atoms with Crippen LogP contribution >= 0.6 is 0 Å². The van der Waals surface area contributed by atoms with Gasteiger partial charge in [-0.25, -0.2) is 0 Å². The first-order valence-electron chi connectivity index (χ1n) is 5.01. The standard InChI is InChI=1S/C12H15NO3/c1-9(2)16-11-5-4-10(6-7-13-14)8-12(11)15-3/h4-9H,1-3H3/b7-6+. The topological polar surface area (TPSA) is 47.9 Å². The van der Waals surface area contributed by atoms with Crippen LogP contribution in [0.4, 0.5) is 0 Å². The van der Waals surface area contributed by atoms with E-state index in [9.17, 15) is 4.91 Å². The summed E-state index contributed by atoms with van der Waals surface area (Å²) in [5, 5.41) is 2.65. The Morgan fingerprint density at radius 1 is 1.31 bits per heavy atom. The van der Waals surface area contributed by atoms with E-state index in [0.717, 1.165) is 5.56 Å². The summed E-state index contributed by atoms with van der Waals surface area (Å²) in [4.78, 5) is 9.95. The second kappa shape index (κ2) is 5.90. The molecule has 86 valence electrons. The van der Waals surface area contributed by atoms with Crippen LogP contribution in [0.1, 0.15) is 19.4 Å². The molecule has 0 bridgehead atoms. The number of ether oxygens (including phenoxy) is 2. The molecule has 4 nitrogen and oxygen atoms in total. The zero-order chi connectivity index (χ0) is 12.0. The van der Waals surface area contributed by atoms with Crippen LogP contribution in [0, 0.1) is 4.91 Å². The van der Waals surface area contributed by atoms with Crippen molar-refractivity contribution in [1.82, 2.24) is 0 Å². The molecule has 0 atom stereocenters. The second-order valence-corrected chi connectivity index (χ2v) is 3.50. The van der Waals surface area contributed by atoms with Crippen molar-refractivity contribution in [3.8, 4) is 11.5 Å². The molecule has 0 heterocycles. The summed E-state index contributed by atoms with van der Waals surface area (Å²) in [7, 11) is 1.58. The van der Waals surface area contributed by atoms with Crippen LogP contribution in [0.3, 0.4) is 0 Å². The Labute approximate surface area is 94.9 Å². The number of benzene rings is 1. The summed E-state index contributed by atoms with van der Waals surface area (Å²) in [5.74, 6) is 1.33. The second-order valence-electron chi connectivity index (χ2n) is 3.50. The molecule has 0 fully saturated rings. The number of nitroso groups, excluding NO2 is 1. The summed E-state index contributed by atoms with van der Waals surface area (Å²) < 4.78 is 10.8. The number of methoxy groups -OCH3 is 1. The molecular weight excluding hydrogens is 206 g/mol. The first kappa shape index (κ1) is 12.2. The van der Waals surface area contributed by atoms with Crippen LogP contribution in [-0.4, -0.2) is 13.2 Å². The monoisotopic (exact) mass is 221 g/mol. The quantitative estimate of drug-likeness (QED) is 0.717.